The molecule has 1 saturated heterocycles. The number of amidine groups is 1. The van der Waals surface area contributed by atoms with E-state index in [4.69, 9.17) is 5.41 Å². The number of nitrogens with zero attached hydrogens (tertiary/aromatic N) is 1. The van der Waals surface area contributed by atoms with Crippen LogP contribution in [0.2, 0.25) is 0 Å². The summed E-state index contributed by atoms with van der Waals surface area (Å²) in [5.74, 6) is -1.01. The maximum atomic E-state index is 12.9. The molecule has 7 heteroatoms. The summed E-state index contributed by atoms with van der Waals surface area (Å²) in [6.45, 7) is 2.05. The zero-order valence-electron chi connectivity index (χ0n) is 14.2. The van der Waals surface area contributed by atoms with Crippen molar-refractivity contribution >= 4 is 40.1 Å². The Labute approximate surface area is 155 Å². The van der Waals surface area contributed by atoms with Gasteiger partial charge in [-0.2, -0.15) is 0 Å². The molecule has 0 unspecified atom stereocenters. The molecule has 5 nitrogen and oxygen atoms in total. The molecular weight excluding hydrogens is 353 g/mol. The largest absolute Gasteiger partial charge is 0.326 e. The number of thioether (sulfide) groups is 1. The van der Waals surface area contributed by atoms with Crippen molar-refractivity contribution < 1.29 is 14.0 Å². The standard InChI is InChI=1S/C19H18FN3O2S/c1-2-12-3-9-15(10-4-12)23-18(25)16(26-19(23)21)11-17(24)22-14-7-5-13(20)6-8-14/h3-10,16,21H,2,11H2,1H3,(H,22,24)/t16-/m0/s1. The molecule has 2 amide bonds. The van der Waals surface area contributed by atoms with E-state index in [-0.39, 0.29) is 29.2 Å². The maximum Gasteiger partial charge on any atom is 0.247 e. The SMILES string of the molecule is CCc1ccc(N2C(=N)S[C@@H](CC(=O)Nc3ccc(F)cc3)C2=O)cc1. The highest BCUT2D eigenvalue weighted by Gasteiger charge is 2.39. The Morgan fingerprint density at radius 3 is 2.46 bits per heavy atom. The number of anilines is 2. The summed E-state index contributed by atoms with van der Waals surface area (Å²) < 4.78 is 12.9. The van der Waals surface area contributed by atoms with Crippen LogP contribution in [0.3, 0.4) is 0 Å². The van der Waals surface area contributed by atoms with Gasteiger partial charge in [0.2, 0.25) is 11.8 Å². The topological polar surface area (TPSA) is 73.3 Å². The summed E-state index contributed by atoms with van der Waals surface area (Å²) in [5, 5.41) is 10.2. The molecule has 3 rings (SSSR count). The van der Waals surface area contributed by atoms with Gasteiger partial charge in [0.05, 0.1) is 5.69 Å². The fraction of sp³-hybridized carbons (Fsp3) is 0.211. The average molecular weight is 371 g/mol. The van der Waals surface area contributed by atoms with Crippen molar-refractivity contribution in [1.29, 1.82) is 5.41 Å². The molecule has 0 saturated carbocycles. The number of carbonyl (C=O) groups is 2. The third kappa shape index (κ3) is 3.94. The number of halogens is 1. The van der Waals surface area contributed by atoms with Crippen molar-refractivity contribution in [2.45, 2.75) is 25.0 Å². The van der Waals surface area contributed by atoms with Gasteiger partial charge >= 0.3 is 0 Å². The van der Waals surface area contributed by atoms with Crippen LogP contribution in [0, 0.1) is 11.2 Å². The van der Waals surface area contributed by atoms with Crippen LogP contribution >= 0.6 is 11.8 Å². The van der Waals surface area contributed by atoms with E-state index >= 15 is 0 Å². The van der Waals surface area contributed by atoms with Crippen molar-refractivity contribution in [3.63, 3.8) is 0 Å². The molecule has 2 aromatic carbocycles. The van der Waals surface area contributed by atoms with Crippen LogP contribution in [0.1, 0.15) is 18.9 Å². The van der Waals surface area contributed by atoms with E-state index in [1.165, 1.54) is 29.2 Å². The van der Waals surface area contributed by atoms with Gasteiger partial charge in [-0.25, -0.2) is 4.39 Å². The first-order chi connectivity index (χ1) is 12.5. The molecule has 0 aliphatic carbocycles. The van der Waals surface area contributed by atoms with Crippen molar-refractivity contribution in [1.82, 2.24) is 0 Å². The molecule has 0 radical (unpaired) electrons. The second kappa shape index (κ2) is 7.70. The Hall–Kier alpha value is -2.67. The predicted octanol–water partition coefficient (Wildman–Crippen LogP) is 3.80. The molecule has 1 atom stereocenters. The van der Waals surface area contributed by atoms with Crippen LogP contribution in [-0.4, -0.2) is 22.2 Å². The van der Waals surface area contributed by atoms with E-state index in [9.17, 15) is 14.0 Å². The minimum atomic E-state index is -0.645. The Morgan fingerprint density at radius 2 is 1.85 bits per heavy atom. The van der Waals surface area contributed by atoms with Crippen LogP contribution < -0.4 is 10.2 Å². The highest BCUT2D eigenvalue weighted by Crippen LogP contribution is 2.33. The number of hydrogen-bond acceptors (Lipinski definition) is 4. The number of nitrogens with one attached hydrogen (secondary N) is 2. The molecule has 2 aromatic rings. The smallest absolute Gasteiger partial charge is 0.247 e. The van der Waals surface area contributed by atoms with Crippen molar-refractivity contribution in [2.75, 3.05) is 10.2 Å². The summed E-state index contributed by atoms with van der Waals surface area (Å²) >= 11 is 1.07. The molecule has 0 spiro atoms. The quantitative estimate of drug-likeness (QED) is 0.840. The average Bonchev–Trinajstić information content (AvgIpc) is 2.90. The van der Waals surface area contributed by atoms with Gasteiger partial charge in [-0.3, -0.25) is 19.9 Å². The minimum absolute atomic E-state index is 0.0488. The lowest BCUT2D eigenvalue weighted by Crippen LogP contribution is -2.33. The molecular formula is C19H18FN3O2S. The van der Waals surface area contributed by atoms with Gasteiger partial charge in [0.15, 0.2) is 5.17 Å². The van der Waals surface area contributed by atoms with Gasteiger partial charge in [0.25, 0.3) is 0 Å². The lowest BCUT2D eigenvalue weighted by Gasteiger charge is -2.16. The second-order valence-electron chi connectivity index (χ2n) is 5.86. The summed E-state index contributed by atoms with van der Waals surface area (Å²) in [7, 11) is 0. The highest BCUT2D eigenvalue weighted by molar-refractivity contribution is 8.16. The molecule has 134 valence electrons. The number of amides is 2. The molecule has 1 aliphatic heterocycles. The van der Waals surface area contributed by atoms with Crippen molar-refractivity contribution in [3.05, 3.63) is 59.9 Å². The normalized spacial score (nSPS) is 16.8. The third-order valence-corrected chi connectivity index (χ3v) is 5.11. The summed E-state index contributed by atoms with van der Waals surface area (Å²) in [4.78, 5) is 26.1. The summed E-state index contributed by atoms with van der Waals surface area (Å²) in [5.41, 5.74) is 2.25. The number of benzene rings is 2. The van der Waals surface area contributed by atoms with Crippen LogP contribution in [0.4, 0.5) is 15.8 Å². The Bertz CT molecular complexity index is 837. The number of carbonyl (C=O) groups excluding carboxylic acids is 2. The van der Waals surface area contributed by atoms with E-state index in [1.807, 2.05) is 31.2 Å². The molecule has 26 heavy (non-hydrogen) atoms. The molecule has 0 aromatic heterocycles. The summed E-state index contributed by atoms with van der Waals surface area (Å²) in [6.07, 6.45) is 0.847. The van der Waals surface area contributed by atoms with Crippen LogP contribution in [0.25, 0.3) is 0 Å². The van der Waals surface area contributed by atoms with Crippen molar-refractivity contribution in [3.8, 4) is 0 Å². The van der Waals surface area contributed by atoms with Gasteiger partial charge in [-0.15, -0.1) is 0 Å². The highest BCUT2D eigenvalue weighted by atomic mass is 32.2. The lowest BCUT2D eigenvalue weighted by atomic mass is 10.1. The summed E-state index contributed by atoms with van der Waals surface area (Å²) in [6, 6.07) is 12.9. The van der Waals surface area contributed by atoms with Crippen molar-refractivity contribution in [2.24, 2.45) is 0 Å². The molecule has 2 N–H and O–H groups in total. The van der Waals surface area contributed by atoms with Gasteiger partial charge in [0, 0.05) is 12.1 Å². The second-order valence-corrected chi connectivity index (χ2v) is 7.06. The molecule has 1 fully saturated rings. The van der Waals surface area contributed by atoms with Gasteiger partial charge < -0.3 is 5.32 Å². The number of rotatable bonds is 5. The van der Waals surface area contributed by atoms with Gasteiger partial charge in [-0.05, 0) is 48.4 Å². The fourth-order valence-corrected chi connectivity index (χ4v) is 3.66. The monoisotopic (exact) mass is 371 g/mol. The van der Waals surface area contributed by atoms with Crippen LogP contribution in [0.15, 0.2) is 48.5 Å². The van der Waals surface area contributed by atoms with E-state index in [2.05, 4.69) is 5.32 Å². The first-order valence-electron chi connectivity index (χ1n) is 8.21. The Kier molecular flexibility index (Phi) is 5.37. The first kappa shape index (κ1) is 18.1. The number of aryl methyl sites for hydroxylation is 1. The zero-order chi connectivity index (χ0) is 18.7. The zero-order valence-corrected chi connectivity index (χ0v) is 15.0. The van der Waals surface area contributed by atoms with Crippen LogP contribution in [-0.2, 0) is 16.0 Å². The number of hydrogen-bond donors (Lipinski definition) is 2. The Balaban J connectivity index is 1.66. The third-order valence-electron chi connectivity index (χ3n) is 4.05. The molecule has 1 aliphatic rings. The Morgan fingerprint density at radius 1 is 1.19 bits per heavy atom. The molecule has 1 heterocycles. The lowest BCUT2D eigenvalue weighted by molar-refractivity contribution is -0.121. The van der Waals surface area contributed by atoms with Crippen LogP contribution in [0.5, 0.6) is 0 Å². The first-order valence-corrected chi connectivity index (χ1v) is 9.09. The van der Waals surface area contributed by atoms with E-state index in [0.29, 0.717) is 11.4 Å². The minimum Gasteiger partial charge on any atom is -0.326 e. The maximum absolute atomic E-state index is 12.9. The van der Waals surface area contributed by atoms with E-state index in [0.717, 1.165) is 23.7 Å². The van der Waals surface area contributed by atoms with Gasteiger partial charge in [0.1, 0.15) is 11.1 Å². The predicted molar refractivity (Wildman–Crippen MR) is 102 cm³/mol. The fourth-order valence-electron chi connectivity index (χ4n) is 2.65. The van der Waals surface area contributed by atoms with E-state index < -0.39 is 5.25 Å². The molecule has 0 bridgehead atoms. The van der Waals surface area contributed by atoms with Gasteiger partial charge in [-0.1, -0.05) is 30.8 Å². The van der Waals surface area contributed by atoms with E-state index in [1.54, 1.807) is 0 Å².